The zero-order valence-corrected chi connectivity index (χ0v) is 11.3. The number of urea groups is 1. The van der Waals surface area contributed by atoms with Crippen molar-refractivity contribution in [1.29, 1.82) is 0 Å². The molecule has 0 spiro atoms. The number of nitrogens with two attached hydrogens (primary N) is 1. The second kappa shape index (κ2) is 5.91. The Kier molecular flexibility index (Phi) is 4.03. The molecule has 0 aliphatic carbocycles. The average Bonchev–Trinajstić information content (AvgIpc) is 2.88. The number of amides is 3. The lowest BCUT2D eigenvalue weighted by Gasteiger charge is -2.06. The molecule has 21 heavy (non-hydrogen) atoms. The minimum absolute atomic E-state index is 0.127. The molecule has 5 N–H and O–H groups in total. The lowest BCUT2D eigenvalue weighted by atomic mass is 10.2. The van der Waals surface area contributed by atoms with Gasteiger partial charge in [-0.3, -0.25) is 9.59 Å². The van der Waals surface area contributed by atoms with Gasteiger partial charge in [0.25, 0.3) is 5.91 Å². The van der Waals surface area contributed by atoms with E-state index >= 15 is 0 Å². The van der Waals surface area contributed by atoms with Crippen molar-refractivity contribution < 1.29 is 14.4 Å². The monoisotopic (exact) mass is 286 g/mol. The number of rotatable bonds is 4. The van der Waals surface area contributed by atoms with Crippen LogP contribution in [0.5, 0.6) is 0 Å². The van der Waals surface area contributed by atoms with Crippen molar-refractivity contribution in [2.24, 2.45) is 5.73 Å². The molecule has 0 radical (unpaired) electrons. The van der Waals surface area contributed by atoms with Crippen molar-refractivity contribution in [2.75, 3.05) is 10.6 Å². The van der Waals surface area contributed by atoms with E-state index in [4.69, 9.17) is 5.73 Å². The Bertz CT molecular complexity index is 706. The second-order valence-electron chi connectivity index (χ2n) is 4.38. The van der Waals surface area contributed by atoms with Crippen LogP contribution in [0.15, 0.2) is 36.5 Å². The van der Waals surface area contributed by atoms with Gasteiger partial charge in [-0.05, 0) is 31.2 Å². The Labute approximate surface area is 120 Å². The van der Waals surface area contributed by atoms with Gasteiger partial charge in [-0.15, -0.1) is 0 Å². The quantitative estimate of drug-likeness (QED) is 0.643. The number of aromatic amines is 1. The number of carbonyl (C=O) groups excluding carboxylic acids is 3. The van der Waals surface area contributed by atoms with Gasteiger partial charge in [-0.1, -0.05) is 6.07 Å². The summed E-state index contributed by atoms with van der Waals surface area (Å²) in [6.45, 7) is 1.42. The maximum absolute atomic E-state index is 12.0. The molecule has 0 atom stereocenters. The van der Waals surface area contributed by atoms with E-state index in [0.717, 1.165) is 0 Å². The number of ketones is 1. The first-order valence-electron chi connectivity index (χ1n) is 6.13. The number of nitrogens with one attached hydrogen (secondary N) is 3. The predicted molar refractivity (Wildman–Crippen MR) is 78.4 cm³/mol. The zero-order valence-electron chi connectivity index (χ0n) is 11.3. The molecule has 0 fully saturated rings. The van der Waals surface area contributed by atoms with Gasteiger partial charge in [0.2, 0.25) is 0 Å². The van der Waals surface area contributed by atoms with Gasteiger partial charge < -0.3 is 21.4 Å². The van der Waals surface area contributed by atoms with Crippen LogP contribution >= 0.6 is 0 Å². The summed E-state index contributed by atoms with van der Waals surface area (Å²) < 4.78 is 0. The summed E-state index contributed by atoms with van der Waals surface area (Å²) in [7, 11) is 0. The summed E-state index contributed by atoms with van der Waals surface area (Å²) in [6, 6.07) is 7.33. The first-order chi connectivity index (χ1) is 9.95. The zero-order chi connectivity index (χ0) is 15.4. The minimum Gasteiger partial charge on any atom is -0.356 e. The first kappa shape index (κ1) is 14.3. The molecule has 0 saturated carbocycles. The van der Waals surface area contributed by atoms with E-state index in [1.807, 2.05) is 0 Å². The van der Waals surface area contributed by atoms with Gasteiger partial charge in [-0.2, -0.15) is 0 Å². The summed E-state index contributed by atoms with van der Waals surface area (Å²) in [5.41, 5.74) is 6.69. The summed E-state index contributed by atoms with van der Waals surface area (Å²) >= 11 is 0. The molecule has 108 valence electrons. The first-order valence-corrected chi connectivity index (χ1v) is 6.13. The van der Waals surface area contributed by atoms with Crippen molar-refractivity contribution in [3.05, 3.63) is 47.8 Å². The van der Waals surface area contributed by atoms with Gasteiger partial charge >= 0.3 is 6.03 Å². The molecule has 1 aromatic heterocycles. The normalized spacial score (nSPS) is 9.95. The van der Waals surface area contributed by atoms with Crippen LogP contribution < -0.4 is 16.4 Å². The number of H-pyrrole nitrogens is 1. The van der Waals surface area contributed by atoms with Crippen LogP contribution in [0.25, 0.3) is 0 Å². The van der Waals surface area contributed by atoms with E-state index in [1.165, 1.54) is 19.2 Å². The number of Topliss-reactive ketones (excluding diaryl/α,β-unsaturated/α-hetero) is 1. The molecule has 3 amide bonds. The van der Waals surface area contributed by atoms with Gasteiger partial charge in [0.1, 0.15) is 5.69 Å². The maximum atomic E-state index is 12.0. The number of hydrogen-bond acceptors (Lipinski definition) is 3. The molecule has 0 saturated heterocycles. The van der Waals surface area contributed by atoms with Gasteiger partial charge in [-0.25, -0.2) is 4.79 Å². The summed E-state index contributed by atoms with van der Waals surface area (Å²) in [5.74, 6) is -0.517. The molecule has 7 heteroatoms. The number of anilines is 2. The average molecular weight is 286 g/mol. The predicted octanol–water partition coefficient (Wildman–Crippen LogP) is 1.96. The number of primary amides is 1. The van der Waals surface area contributed by atoms with Crippen LogP contribution in [0, 0.1) is 0 Å². The summed E-state index contributed by atoms with van der Waals surface area (Å²) in [5, 5.41) is 5.06. The fourth-order valence-electron chi connectivity index (χ4n) is 1.74. The lowest BCUT2D eigenvalue weighted by Crippen LogP contribution is -2.19. The third-order valence-electron chi connectivity index (χ3n) is 2.72. The highest BCUT2D eigenvalue weighted by Crippen LogP contribution is 2.16. The Balaban J connectivity index is 2.11. The fraction of sp³-hybridized carbons (Fsp3) is 0.0714. The van der Waals surface area contributed by atoms with Crippen molar-refractivity contribution in [1.82, 2.24) is 4.98 Å². The Morgan fingerprint density at radius 3 is 2.33 bits per heavy atom. The van der Waals surface area contributed by atoms with Gasteiger partial charge in [0, 0.05) is 23.1 Å². The van der Waals surface area contributed by atoms with E-state index in [9.17, 15) is 14.4 Å². The van der Waals surface area contributed by atoms with E-state index in [1.54, 1.807) is 24.3 Å². The van der Waals surface area contributed by atoms with E-state index in [2.05, 4.69) is 15.6 Å². The number of benzene rings is 1. The third-order valence-corrected chi connectivity index (χ3v) is 2.72. The Morgan fingerprint density at radius 1 is 1.10 bits per heavy atom. The standard InChI is InChI=1S/C14H14N4O3/c1-8(19)9-5-12(16-7-9)13(20)17-10-3-2-4-11(6-10)18-14(15)21/h2-7,16H,1H3,(H,17,20)(H3,15,18,21). The molecule has 2 aromatic rings. The van der Waals surface area contributed by atoms with Crippen LogP contribution in [-0.2, 0) is 0 Å². The molecule has 0 aliphatic heterocycles. The molecule has 7 nitrogen and oxygen atoms in total. The lowest BCUT2D eigenvalue weighted by molar-refractivity contribution is 0.101. The Morgan fingerprint density at radius 2 is 1.76 bits per heavy atom. The van der Waals surface area contributed by atoms with Crippen molar-refractivity contribution in [2.45, 2.75) is 6.92 Å². The highest BCUT2D eigenvalue weighted by Gasteiger charge is 2.11. The van der Waals surface area contributed by atoms with Gasteiger partial charge in [0.15, 0.2) is 5.78 Å². The Hall–Kier alpha value is -3.09. The molecule has 2 rings (SSSR count). The summed E-state index contributed by atoms with van der Waals surface area (Å²) in [6.07, 6.45) is 1.47. The van der Waals surface area contributed by atoms with Crippen molar-refractivity contribution in [3.63, 3.8) is 0 Å². The molecule has 0 unspecified atom stereocenters. The minimum atomic E-state index is -0.686. The topological polar surface area (TPSA) is 117 Å². The van der Waals surface area contributed by atoms with Crippen LogP contribution in [0.3, 0.4) is 0 Å². The van der Waals surface area contributed by atoms with Crippen LogP contribution in [-0.4, -0.2) is 22.7 Å². The van der Waals surface area contributed by atoms with Gasteiger partial charge in [0.05, 0.1) is 0 Å². The maximum Gasteiger partial charge on any atom is 0.316 e. The van der Waals surface area contributed by atoms with Crippen LogP contribution in [0.2, 0.25) is 0 Å². The largest absolute Gasteiger partial charge is 0.356 e. The number of hydrogen-bond donors (Lipinski definition) is 4. The smallest absolute Gasteiger partial charge is 0.316 e. The van der Waals surface area contributed by atoms with E-state index < -0.39 is 11.9 Å². The van der Waals surface area contributed by atoms with Crippen LogP contribution in [0.4, 0.5) is 16.2 Å². The fourth-order valence-corrected chi connectivity index (χ4v) is 1.74. The highest BCUT2D eigenvalue weighted by atomic mass is 16.2. The number of aromatic nitrogens is 1. The summed E-state index contributed by atoms with van der Waals surface area (Å²) in [4.78, 5) is 36.7. The van der Waals surface area contributed by atoms with E-state index in [-0.39, 0.29) is 11.5 Å². The third kappa shape index (κ3) is 3.69. The molecule has 0 aliphatic rings. The van der Waals surface area contributed by atoms with Crippen molar-refractivity contribution in [3.8, 4) is 0 Å². The number of carbonyl (C=O) groups is 3. The molecular formula is C14H14N4O3. The van der Waals surface area contributed by atoms with E-state index in [0.29, 0.717) is 16.9 Å². The molecule has 1 aromatic carbocycles. The van der Waals surface area contributed by atoms with Crippen molar-refractivity contribution >= 4 is 29.1 Å². The molecule has 0 bridgehead atoms. The SMILES string of the molecule is CC(=O)c1c[nH]c(C(=O)Nc2cccc(NC(N)=O)c2)c1. The van der Waals surface area contributed by atoms with Crippen LogP contribution in [0.1, 0.15) is 27.8 Å². The second-order valence-corrected chi connectivity index (χ2v) is 4.38. The highest BCUT2D eigenvalue weighted by molar-refractivity contribution is 6.05. The molecular weight excluding hydrogens is 272 g/mol. The molecule has 1 heterocycles.